The van der Waals surface area contributed by atoms with Crippen LogP contribution in [0.4, 0.5) is 38.0 Å². The normalized spacial score (nSPS) is 12.9. The average Bonchev–Trinajstić information content (AvgIpc) is 3.14. The largest absolute Gasteiger partial charge is 0.573 e. The molecule has 0 bridgehead atoms. The first-order valence-electron chi connectivity index (χ1n) is 10.9. The lowest BCUT2D eigenvalue weighted by molar-refractivity contribution is -0.274. The number of anilines is 2. The first-order chi connectivity index (χ1) is 17.4. The van der Waals surface area contributed by atoms with E-state index in [4.69, 9.17) is 5.11 Å². The Morgan fingerprint density at radius 1 is 0.973 bits per heavy atom. The molecule has 0 fully saturated rings. The van der Waals surface area contributed by atoms with Gasteiger partial charge in [-0.15, -0.1) is 13.2 Å². The number of nitrogens with one attached hydrogen (secondary N) is 1. The summed E-state index contributed by atoms with van der Waals surface area (Å²) in [6.45, 7) is 0. The predicted molar refractivity (Wildman–Crippen MR) is 123 cm³/mol. The lowest BCUT2D eigenvalue weighted by Crippen LogP contribution is -2.28. The van der Waals surface area contributed by atoms with Gasteiger partial charge < -0.3 is 15.2 Å². The predicted octanol–water partition coefficient (Wildman–Crippen LogP) is 6.85. The molecule has 1 aromatic heterocycles. The second-order valence-electron chi connectivity index (χ2n) is 8.07. The minimum atomic E-state index is -4.89. The molecule has 0 radical (unpaired) electrons. The number of carboxylic acids is 1. The van der Waals surface area contributed by atoms with Crippen molar-refractivity contribution in [1.82, 2.24) is 9.55 Å². The Bertz CT molecular complexity index is 1380. The summed E-state index contributed by atoms with van der Waals surface area (Å²) < 4.78 is 85.5. The second-order valence-corrected chi connectivity index (χ2v) is 8.07. The molecule has 4 aromatic rings. The fourth-order valence-corrected chi connectivity index (χ4v) is 3.89. The number of carboxylic acid groups (broad SMARTS) is 1. The van der Waals surface area contributed by atoms with Crippen molar-refractivity contribution in [2.24, 2.45) is 0 Å². The number of ether oxygens (including phenoxy) is 1. The molecule has 0 amide bonds. The van der Waals surface area contributed by atoms with Gasteiger partial charge in [-0.3, -0.25) is 9.36 Å². The van der Waals surface area contributed by atoms with Crippen molar-refractivity contribution in [2.45, 2.75) is 31.4 Å². The fraction of sp³-hybridized carbons (Fsp3) is 0.200. The number of fused-ring (bicyclic) bond motifs is 1. The van der Waals surface area contributed by atoms with E-state index in [1.807, 2.05) is 0 Å². The number of alkyl halides is 6. The lowest BCUT2D eigenvalue weighted by atomic mass is 10.1. The van der Waals surface area contributed by atoms with Crippen LogP contribution in [-0.2, 0) is 11.2 Å². The zero-order valence-electron chi connectivity index (χ0n) is 18.8. The number of hydrogen-bond acceptors (Lipinski definition) is 4. The molecule has 6 nitrogen and oxygen atoms in total. The molecule has 12 heteroatoms. The van der Waals surface area contributed by atoms with Crippen LogP contribution in [0.5, 0.6) is 5.75 Å². The topological polar surface area (TPSA) is 76.4 Å². The van der Waals surface area contributed by atoms with E-state index in [0.717, 1.165) is 16.7 Å². The van der Waals surface area contributed by atoms with Crippen LogP contribution in [0.1, 0.15) is 23.6 Å². The SMILES string of the molecule is O=C(O)CCc1ccc2c(c1)nc(Nc1ccc(OC(F)(F)F)cc1)n2[C@@H](c1ccccc1)C(F)(F)F. The van der Waals surface area contributed by atoms with Crippen LogP contribution in [0.25, 0.3) is 11.0 Å². The maximum atomic E-state index is 14.5. The number of aliphatic carboxylic acids is 1. The molecule has 0 saturated heterocycles. The molecule has 1 heterocycles. The van der Waals surface area contributed by atoms with Gasteiger partial charge in [-0.05, 0) is 53.9 Å². The number of carbonyl (C=O) groups is 1. The van der Waals surface area contributed by atoms with Gasteiger partial charge >= 0.3 is 18.5 Å². The molecule has 194 valence electrons. The molecule has 0 aliphatic rings. The van der Waals surface area contributed by atoms with Crippen molar-refractivity contribution in [1.29, 1.82) is 0 Å². The van der Waals surface area contributed by atoms with Crippen molar-refractivity contribution >= 4 is 28.6 Å². The molecule has 4 rings (SSSR count). The van der Waals surface area contributed by atoms with E-state index >= 15 is 0 Å². The molecule has 1 atom stereocenters. The van der Waals surface area contributed by atoms with Crippen molar-refractivity contribution in [3.63, 3.8) is 0 Å². The molecule has 0 saturated carbocycles. The van der Waals surface area contributed by atoms with Gasteiger partial charge in [-0.25, -0.2) is 4.98 Å². The number of benzene rings is 3. The summed E-state index contributed by atoms with van der Waals surface area (Å²) in [5.74, 6) is -1.72. The van der Waals surface area contributed by atoms with Gasteiger partial charge in [0.15, 0.2) is 6.04 Å². The van der Waals surface area contributed by atoms with Crippen LogP contribution in [-0.4, -0.2) is 33.2 Å². The summed E-state index contributed by atoms with van der Waals surface area (Å²) in [5, 5.41) is 11.7. The highest BCUT2D eigenvalue weighted by molar-refractivity contribution is 5.81. The third-order valence-electron chi connectivity index (χ3n) is 5.41. The lowest BCUT2D eigenvalue weighted by Gasteiger charge is -2.25. The maximum absolute atomic E-state index is 14.5. The Morgan fingerprint density at radius 3 is 2.24 bits per heavy atom. The number of aryl methyl sites for hydroxylation is 1. The highest BCUT2D eigenvalue weighted by Gasteiger charge is 2.44. The standard InChI is InChI=1S/C25H19F6N3O3/c26-24(27,28)22(16-4-2-1-3-5-16)34-20-12-6-15(7-13-21(35)36)14-19(20)33-23(34)32-17-8-10-18(11-9-17)37-25(29,30)31/h1-6,8-12,14,22H,7,13H2,(H,32,33)(H,35,36)/t22-/m0/s1. The molecule has 0 aliphatic carbocycles. The van der Waals surface area contributed by atoms with E-state index in [0.29, 0.717) is 5.56 Å². The number of halogens is 6. The summed E-state index contributed by atoms with van der Waals surface area (Å²) in [4.78, 5) is 15.3. The van der Waals surface area contributed by atoms with Gasteiger partial charge in [0.25, 0.3) is 0 Å². The van der Waals surface area contributed by atoms with E-state index in [1.165, 1.54) is 54.6 Å². The Kier molecular flexibility index (Phi) is 7.01. The highest BCUT2D eigenvalue weighted by Crippen LogP contribution is 2.41. The highest BCUT2D eigenvalue weighted by atomic mass is 19.4. The number of imidazole rings is 1. The zero-order chi connectivity index (χ0) is 26.8. The van der Waals surface area contributed by atoms with E-state index in [9.17, 15) is 31.1 Å². The van der Waals surface area contributed by atoms with E-state index in [1.54, 1.807) is 6.07 Å². The maximum Gasteiger partial charge on any atom is 0.573 e. The molecule has 37 heavy (non-hydrogen) atoms. The van der Waals surface area contributed by atoms with Crippen molar-refractivity contribution < 1.29 is 41.0 Å². The molecule has 3 aromatic carbocycles. The number of nitrogens with zero attached hydrogens (tertiary/aromatic N) is 2. The summed E-state index contributed by atoms with van der Waals surface area (Å²) in [5.41, 5.74) is 1.01. The minimum absolute atomic E-state index is 0.0544. The van der Waals surface area contributed by atoms with Gasteiger partial charge in [0.05, 0.1) is 11.0 Å². The third kappa shape index (κ3) is 6.32. The number of rotatable bonds is 8. The smallest absolute Gasteiger partial charge is 0.481 e. The van der Waals surface area contributed by atoms with Gasteiger partial charge in [-0.2, -0.15) is 13.2 Å². The Balaban J connectivity index is 1.81. The molecule has 0 unspecified atom stereocenters. The fourth-order valence-electron chi connectivity index (χ4n) is 3.89. The Labute approximate surface area is 206 Å². The van der Waals surface area contributed by atoms with Crippen LogP contribution < -0.4 is 10.1 Å². The van der Waals surface area contributed by atoms with Crippen LogP contribution in [0.15, 0.2) is 72.8 Å². The second kappa shape index (κ2) is 10.0. The first kappa shape index (κ1) is 25.9. The van der Waals surface area contributed by atoms with Gasteiger partial charge in [0.2, 0.25) is 5.95 Å². The van der Waals surface area contributed by atoms with E-state index < -0.39 is 30.3 Å². The number of hydrogen-bond donors (Lipinski definition) is 2. The summed E-state index contributed by atoms with van der Waals surface area (Å²) in [6, 6.07) is 14.0. The van der Waals surface area contributed by atoms with Gasteiger partial charge in [-0.1, -0.05) is 36.4 Å². The molecular formula is C25H19F6N3O3. The van der Waals surface area contributed by atoms with Crippen LogP contribution in [0.2, 0.25) is 0 Å². The summed E-state index contributed by atoms with van der Waals surface area (Å²) in [7, 11) is 0. The quantitative estimate of drug-likeness (QED) is 0.247. The van der Waals surface area contributed by atoms with Crippen LogP contribution >= 0.6 is 0 Å². The Morgan fingerprint density at radius 2 is 1.65 bits per heavy atom. The van der Waals surface area contributed by atoms with E-state index in [-0.39, 0.29) is 41.1 Å². The summed E-state index contributed by atoms with van der Waals surface area (Å²) in [6.07, 6.45) is -9.64. The van der Waals surface area contributed by atoms with Crippen molar-refractivity contribution in [2.75, 3.05) is 5.32 Å². The molecular weight excluding hydrogens is 504 g/mol. The van der Waals surface area contributed by atoms with Crippen LogP contribution in [0.3, 0.4) is 0 Å². The van der Waals surface area contributed by atoms with E-state index in [2.05, 4.69) is 15.0 Å². The minimum Gasteiger partial charge on any atom is -0.481 e. The zero-order valence-corrected chi connectivity index (χ0v) is 18.8. The van der Waals surface area contributed by atoms with Gasteiger partial charge in [0.1, 0.15) is 5.75 Å². The first-order valence-corrected chi connectivity index (χ1v) is 10.9. The molecule has 0 spiro atoms. The van der Waals surface area contributed by atoms with Gasteiger partial charge in [0, 0.05) is 12.1 Å². The summed E-state index contributed by atoms with van der Waals surface area (Å²) >= 11 is 0. The average molecular weight is 523 g/mol. The van der Waals surface area contributed by atoms with Crippen molar-refractivity contribution in [3.8, 4) is 5.75 Å². The van der Waals surface area contributed by atoms with Crippen LogP contribution in [0, 0.1) is 0 Å². The Hall–Kier alpha value is -4.22. The monoisotopic (exact) mass is 523 g/mol. The van der Waals surface area contributed by atoms with Crippen molar-refractivity contribution in [3.05, 3.63) is 83.9 Å². The molecule has 2 N–H and O–H groups in total. The number of aromatic nitrogens is 2. The third-order valence-corrected chi connectivity index (χ3v) is 5.41. The molecule has 0 aliphatic heterocycles.